The Hall–Kier alpha value is -2.16. The minimum absolute atomic E-state index is 0.0296. The Labute approximate surface area is 252 Å². The minimum Gasteiger partial charge on any atom is -0.344 e. The van der Waals surface area contributed by atoms with Gasteiger partial charge in [0.15, 0.2) is 0 Å². The zero-order valence-electron chi connectivity index (χ0n) is 26.1. The van der Waals surface area contributed by atoms with Crippen LogP contribution < -0.4 is 5.32 Å². The summed E-state index contributed by atoms with van der Waals surface area (Å²) in [5.74, 6) is 0.655. The summed E-state index contributed by atoms with van der Waals surface area (Å²) in [5, 5.41) is 8.67. The highest BCUT2D eigenvalue weighted by Crippen LogP contribution is 2.24. The first-order chi connectivity index (χ1) is 19.4. The van der Waals surface area contributed by atoms with Crippen LogP contribution in [0.1, 0.15) is 79.2 Å². The van der Waals surface area contributed by atoms with Crippen molar-refractivity contribution in [3.8, 4) is 0 Å². The molecule has 0 saturated carbocycles. The van der Waals surface area contributed by atoms with Gasteiger partial charge in [0.1, 0.15) is 6.04 Å². The van der Waals surface area contributed by atoms with Gasteiger partial charge in [-0.15, -0.1) is 0 Å². The molecule has 0 radical (unpaired) electrons. The Balaban J connectivity index is 1.66. The SMILES string of the molecule is CCCC(=O)N1CCC(N(CC(C)C)N2CCN(C(=O)[C@@H](Cc3ccc(Cl)cc3)NC(=O)C(C)(C)CC)CC2)CC1. The highest BCUT2D eigenvalue weighted by atomic mass is 35.5. The number of piperazine rings is 1. The first-order valence-electron chi connectivity index (χ1n) is 15.6. The van der Waals surface area contributed by atoms with Gasteiger partial charge in [-0.2, -0.15) is 0 Å². The number of halogens is 1. The predicted molar refractivity (Wildman–Crippen MR) is 165 cm³/mol. The number of rotatable bonds is 12. The van der Waals surface area contributed by atoms with Gasteiger partial charge in [-0.1, -0.05) is 65.3 Å². The van der Waals surface area contributed by atoms with Crippen molar-refractivity contribution in [1.82, 2.24) is 25.1 Å². The van der Waals surface area contributed by atoms with Gasteiger partial charge >= 0.3 is 0 Å². The highest BCUT2D eigenvalue weighted by molar-refractivity contribution is 6.30. The first kappa shape index (κ1) is 33.3. The molecule has 2 saturated heterocycles. The van der Waals surface area contributed by atoms with Crippen LogP contribution in [0.15, 0.2) is 24.3 Å². The molecule has 1 atom stereocenters. The second kappa shape index (κ2) is 15.4. The van der Waals surface area contributed by atoms with Crippen LogP contribution in [-0.4, -0.2) is 95.4 Å². The molecule has 3 rings (SSSR count). The zero-order valence-corrected chi connectivity index (χ0v) is 26.9. The van der Waals surface area contributed by atoms with E-state index in [-0.39, 0.29) is 17.7 Å². The molecule has 41 heavy (non-hydrogen) atoms. The lowest BCUT2D eigenvalue weighted by atomic mass is 9.88. The number of nitrogens with zero attached hydrogens (tertiary/aromatic N) is 4. The standard InChI is InChI=1S/C32H52ClN5O3/c1-7-9-29(39)35-16-14-27(15-17-35)38(23-24(3)4)37-20-18-36(19-21-37)30(40)28(34-31(41)32(5,6)8-2)22-25-10-12-26(33)13-11-25/h10-13,24,27-28H,7-9,14-23H2,1-6H3,(H,34,41)/t28-/m1/s1. The molecule has 2 aliphatic heterocycles. The molecule has 0 bridgehead atoms. The van der Waals surface area contributed by atoms with E-state index in [2.05, 4.69) is 36.1 Å². The van der Waals surface area contributed by atoms with E-state index < -0.39 is 11.5 Å². The molecule has 1 N–H and O–H groups in total. The molecule has 0 aromatic heterocycles. The fraction of sp³-hybridized carbons (Fsp3) is 0.719. The third-order valence-corrected chi connectivity index (χ3v) is 8.89. The zero-order chi connectivity index (χ0) is 30.2. The summed E-state index contributed by atoms with van der Waals surface area (Å²) in [6, 6.07) is 7.26. The van der Waals surface area contributed by atoms with Crippen molar-refractivity contribution in [2.75, 3.05) is 45.8 Å². The summed E-state index contributed by atoms with van der Waals surface area (Å²) >= 11 is 6.08. The molecule has 1 aromatic carbocycles. The number of benzene rings is 1. The molecule has 1 aromatic rings. The number of likely N-dealkylation sites (tertiary alicyclic amines) is 1. The van der Waals surface area contributed by atoms with Gasteiger partial charge < -0.3 is 15.1 Å². The first-order valence-corrected chi connectivity index (χ1v) is 16.0. The summed E-state index contributed by atoms with van der Waals surface area (Å²) in [6.07, 6.45) is 4.59. The predicted octanol–water partition coefficient (Wildman–Crippen LogP) is 4.61. The second-order valence-corrected chi connectivity index (χ2v) is 13.2. The van der Waals surface area contributed by atoms with Gasteiger partial charge in [0, 0.05) is 75.1 Å². The third-order valence-electron chi connectivity index (χ3n) is 8.64. The molecule has 9 heteroatoms. The summed E-state index contributed by atoms with van der Waals surface area (Å²) in [5.41, 5.74) is 0.415. The lowest BCUT2D eigenvalue weighted by Gasteiger charge is -2.48. The van der Waals surface area contributed by atoms with Crippen LogP contribution in [0.3, 0.4) is 0 Å². The molecule has 8 nitrogen and oxygen atoms in total. The van der Waals surface area contributed by atoms with Crippen molar-refractivity contribution < 1.29 is 14.4 Å². The van der Waals surface area contributed by atoms with Crippen LogP contribution in [0.5, 0.6) is 0 Å². The quantitative estimate of drug-likeness (QED) is 0.385. The Bertz CT molecular complexity index is 999. The molecule has 3 amide bonds. The number of piperidine rings is 1. The van der Waals surface area contributed by atoms with Crippen molar-refractivity contribution in [3.05, 3.63) is 34.9 Å². The largest absolute Gasteiger partial charge is 0.344 e. The maximum absolute atomic E-state index is 13.8. The van der Waals surface area contributed by atoms with Crippen LogP contribution in [0.25, 0.3) is 0 Å². The number of hydrazine groups is 1. The average Bonchev–Trinajstić information content (AvgIpc) is 2.96. The van der Waals surface area contributed by atoms with E-state index in [0.717, 1.165) is 57.5 Å². The van der Waals surface area contributed by atoms with Crippen LogP contribution in [0, 0.1) is 11.3 Å². The molecule has 0 aliphatic carbocycles. The van der Waals surface area contributed by atoms with E-state index in [1.807, 2.05) is 54.8 Å². The smallest absolute Gasteiger partial charge is 0.245 e. The van der Waals surface area contributed by atoms with E-state index in [1.165, 1.54) is 0 Å². The fourth-order valence-electron chi connectivity index (χ4n) is 5.62. The van der Waals surface area contributed by atoms with E-state index in [0.29, 0.717) is 49.3 Å². The molecule has 230 valence electrons. The Morgan fingerprint density at radius 3 is 2.12 bits per heavy atom. The van der Waals surface area contributed by atoms with Crippen molar-refractivity contribution in [1.29, 1.82) is 0 Å². The van der Waals surface area contributed by atoms with Crippen molar-refractivity contribution in [3.63, 3.8) is 0 Å². The number of carbonyl (C=O) groups is 3. The topological polar surface area (TPSA) is 76.2 Å². The summed E-state index contributed by atoms with van der Waals surface area (Å²) < 4.78 is 0. The van der Waals surface area contributed by atoms with Gasteiger partial charge in [0.25, 0.3) is 0 Å². The molecule has 2 fully saturated rings. The number of hydrogen-bond acceptors (Lipinski definition) is 5. The molecular formula is C32H52ClN5O3. The molecule has 2 heterocycles. The van der Waals surface area contributed by atoms with E-state index in [1.54, 1.807) is 0 Å². The minimum atomic E-state index is -0.627. The monoisotopic (exact) mass is 589 g/mol. The van der Waals surface area contributed by atoms with Crippen LogP contribution >= 0.6 is 11.6 Å². The van der Waals surface area contributed by atoms with E-state index >= 15 is 0 Å². The Kier molecular flexibility index (Phi) is 12.5. The van der Waals surface area contributed by atoms with Crippen LogP contribution in [0.4, 0.5) is 0 Å². The second-order valence-electron chi connectivity index (χ2n) is 12.8. The van der Waals surface area contributed by atoms with Crippen molar-refractivity contribution >= 4 is 29.3 Å². The maximum Gasteiger partial charge on any atom is 0.245 e. The maximum atomic E-state index is 13.8. The molecule has 0 unspecified atom stereocenters. The third kappa shape index (κ3) is 9.42. The number of carbonyl (C=O) groups excluding carboxylic acids is 3. The average molecular weight is 590 g/mol. The van der Waals surface area contributed by atoms with Gasteiger partial charge in [0.2, 0.25) is 17.7 Å². The van der Waals surface area contributed by atoms with Gasteiger partial charge in [-0.3, -0.25) is 14.4 Å². The molecule has 0 spiro atoms. The highest BCUT2D eigenvalue weighted by Gasteiger charge is 2.36. The van der Waals surface area contributed by atoms with Crippen LogP contribution in [-0.2, 0) is 20.8 Å². The van der Waals surface area contributed by atoms with Gasteiger partial charge in [0.05, 0.1) is 0 Å². The summed E-state index contributed by atoms with van der Waals surface area (Å²) in [4.78, 5) is 43.3. The van der Waals surface area contributed by atoms with Crippen molar-refractivity contribution in [2.45, 2.75) is 92.2 Å². The lowest BCUT2D eigenvalue weighted by molar-refractivity contribution is -0.147. The Morgan fingerprint density at radius 1 is 0.976 bits per heavy atom. The summed E-state index contributed by atoms with van der Waals surface area (Å²) in [7, 11) is 0. The lowest BCUT2D eigenvalue weighted by Crippen LogP contribution is -2.62. The van der Waals surface area contributed by atoms with Crippen LogP contribution in [0.2, 0.25) is 5.02 Å². The number of amides is 3. The van der Waals surface area contributed by atoms with Gasteiger partial charge in [-0.25, -0.2) is 10.0 Å². The Morgan fingerprint density at radius 2 is 1.59 bits per heavy atom. The summed E-state index contributed by atoms with van der Waals surface area (Å²) in [6.45, 7) is 17.7. The normalized spacial score (nSPS) is 18.2. The fourth-order valence-corrected chi connectivity index (χ4v) is 5.74. The van der Waals surface area contributed by atoms with E-state index in [9.17, 15) is 14.4 Å². The van der Waals surface area contributed by atoms with Gasteiger partial charge in [-0.05, 0) is 49.3 Å². The number of hydrogen-bond donors (Lipinski definition) is 1. The molecular weight excluding hydrogens is 538 g/mol. The molecule has 2 aliphatic rings. The van der Waals surface area contributed by atoms with Crippen molar-refractivity contribution in [2.24, 2.45) is 11.3 Å². The number of nitrogens with one attached hydrogen (secondary N) is 1. The van der Waals surface area contributed by atoms with E-state index in [4.69, 9.17) is 11.6 Å².